The molecule has 0 aromatic heterocycles. The van der Waals surface area contributed by atoms with Crippen LogP contribution in [0, 0.1) is 0 Å². The molecule has 31 heavy (non-hydrogen) atoms. The molecular weight excluding hydrogens is 390 g/mol. The molecule has 0 aliphatic carbocycles. The number of ether oxygens (including phenoxy) is 1. The van der Waals surface area contributed by atoms with Crippen LogP contribution in [-0.4, -0.2) is 77.8 Å². The van der Waals surface area contributed by atoms with Gasteiger partial charge in [-0.1, -0.05) is 12.5 Å². The molecule has 0 spiro atoms. The van der Waals surface area contributed by atoms with E-state index in [1.165, 1.54) is 0 Å². The van der Waals surface area contributed by atoms with Gasteiger partial charge in [0.2, 0.25) is 5.91 Å². The Hall–Kier alpha value is -1.79. The number of anilines is 1. The maximum atomic E-state index is 12.4. The van der Waals surface area contributed by atoms with E-state index in [1.54, 1.807) is 14.0 Å². The van der Waals surface area contributed by atoms with Crippen LogP contribution >= 0.6 is 0 Å². The Morgan fingerprint density at radius 2 is 1.90 bits per heavy atom. The molecule has 3 aliphatic heterocycles. The number of rotatable bonds is 4. The predicted molar refractivity (Wildman–Crippen MR) is 124 cm³/mol. The molecule has 0 unspecified atom stereocenters. The van der Waals surface area contributed by atoms with Crippen LogP contribution in [0.2, 0.25) is 0 Å². The number of methoxy groups -OCH3 is 1. The van der Waals surface area contributed by atoms with E-state index in [0.717, 1.165) is 82.6 Å². The summed E-state index contributed by atoms with van der Waals surface area (Å²) in [5.74, 6) is 1.07. The van der Waals surface area contributed by atoms with Gasteiger partial charge in [0.25, 0.3) is 0 Å². The summed E-state index contributed by atoms with van der Waals surface area (Å²) in [6.45, 7) is 8.30. The molecule has 2 atom stereocenters. The number of aliphatic hydroxyl groups is 1. The lowest BCUT2D eigenvalue weighted by atomic mass is 9.78. The number of carbonyl (C=O) groups is 1. The number of hydrogen-bond donors (Lipinski definition) is 1. The Kier molecular flexibility index (Phi) is 6.50. The summed E-state index contributed by atoms with van der Waals surface area (Å²) in [6.07, 6.45) is 7.04. The number of likely N-dealkylation sites (tertiary alicyclic amines) is 2. The van der Waals surface area contributed by atoms with Crippen LogP contribution in [0.15, 0.2) is 24.3 Å². The van der Waals surface area contributed by atoms with Gasteiger partial charge in [-0.25, -0.2) is 0 Å². The summed E-state index contributed by atoms with van der Waals surface area (Å²) in [4.78, 5) is 19.4. The summed E-state index contributed by atoms with van der Waals surface area (Å²) in [7, 11) is 1.70. The largest absolute Gasteiger partial charge is 0.497 e. The summed E-state index contributed by atoms with van der Waals surface area (Å²) in [5.41, 5.74) is 0.381. The zero-order valence-corrected chi connectivity index (χ0v) is 19.5. The van der Waals surface area contributed by atoms with Gasteiger partial charge in [-0.05, 0) is 64.1 Å². The third kappa shape index (κ3) is 4.56. The van der Waals surface area contributed by atoms with Crippen molar-refractivity contribution in [3.63, 3.8) is 0 Å². The highest BCUT2D eigenvalue weighted by Crippen LogP contribution is 2.40. The van der Waals surface area contributed by atoms with Crippen molar-refractivity contribution in [3.05, 3.63) is 24.3 Å². The van der Waals surface area contributed by atoms with Crippen LogP contribution in [-0.2, 0) is 4.79 Å². The number of amides is 1. The van der Waals surface area contributed by atoms with Gasteiger partial charge in [-0.15, -0.1) is 0 Å². The maximum absolute atomic E-state index is 12.4. The first-order valence-corrected chi connectivity index (χ1v) is 12.0. The minimum atomic E-state index is -0.666. The first-order chi connectivity index (χ1) is 14.8. The van der Waals surface area contributed by atoms with E-state index in [1.807, 2.05) is 12.1 Å². The molecule has 3 saturated heterocycles. The molecule has 3 heterocycles. The molecule has 1 N–H and O–H groups in total. The Morgan fingerprint density at radius 1 is 1.13 bits per heavy atom. The van der Waals surface area contributed by atoms with Crippen LogP contribution in [0.5, 0.6) is 5.75 Å². The first-order valence-electron chi connectivity index (χ1n) is 12.0. The van der Waals surface area contributed by atoms with Gasteiger partial charge in [0.15, 0.2) is 0 Å². The van der Waals surface area contributed by atoms with Crippen molar-refractivity contribution in [1.82, 2.24) is 9.80 Å². The van der Waals surface area contributed by atoms with E-state index in [4.69, 9.17) is 4.74 Å². The average Bonchev–Trinajstić information content (AvgIpc) is 2.93. The van der Waals surface area contributed by atoms with E-state index < -0.39 is 5.60 Å². The van der Waals surface area contributed by atoms with Crippen LogP contribution in [0.25, 0.3) is 0 Å². The van der Waals surface area contributed by atoms with E-state index in [0.29, 0.717) is 12.6 Å². The summed E-state index contributed by atoms with van der Waals surface area (Å²) < 4.78 is 5.37. The zero-order valence-electron chi connectivity index (χ0n) is 19.5. The van der Waals surface area contributed by atoms with Crippen molar-refractivity contribution >= 4 is 11.6 Å². The van der Waals surface area contributed by atoms with Gasteiger partial charge in [-0.3, -0.25) is 9.69 Å². The third-order valence-electron chi connectivity index (χ3n) is 8.00. The number of nitrogens with zero attached hydrogens (tertiary/aromatic N) is 3. The molecule has 4 rings (SSSR count). The number of carbonyl (C=O) groups excluding carboxylic acids is 1. The van der Waals surface area contributed by atoms with Crippen molar-refractivity contribution < 1.29 is 14.6 Å². The fourth-order valence-corrected chi connectivity index (χ4v) is 6.26. The third-order valence-corrected chi connectivity index (χ3v) is 8.00. The van der Waals surface area contributed by atoms with Gasteiger partial charge in [0.1, 0.15) is 5.75 Å². The van der Waals surface area contributed by atoms with Gasteiger partial charge < -0.3 is 19.6 Å². The van der Waals surface area contributed by atoms with E-state index in [9.17, 15) is 9.90 Å². The van der Waals surface area contributed by atoms with Crippen LogP contribution in [0.3, 0.4) is 0 Å². The maximum Gasteiger partial charge on any atom is 0.219 e. The Balaban J connectivity index is 1.44. The molecule has 0 saturated carbocycles. The van der Waals surface area contributed by atoms with Crippen molar-refractivity contribution in [2.75, 3.05) is 44.7 Å². The normalized spacial score (nSPS) is 29.2. The van der Waals surface area contributed by atoms with Crippen LogP contribution in [0.4, 0.5) is 5.69 Å². The quantitative estimate of drug-likeness (QED) is 0.796. The highest BCUT2D eigenvalue weighted by atomic mass is 16.5. The molecule has 172 valence electrons. The lowest BCUT2D eigenvalue weighted by Gasteiger charge is -2.54. The molecule has 0 radical (unpaired) electrons. The molecular formula is C25H39N3O3. The molecule has 6 heteroatoms. The second kappa shape index (κ2) is 8.99. The van der Waals surface area contributed by atoms with E-state index >= 15 is 0 Å². The smallest absolute Gasteiger partial charge is 0.219 e. The fraction of sp³-hybridized carbons (Fsp3) is 0.720. The van der Waals surface area contributed by atoms with Crippen molar-refractivity contribution in [1.29, 1.82) is 0 Å². The summed E-state index contributed by atoms with van der Waals surface area (Å²) in [5, 5.41) is 11.5. The van der Waals surface area contributed by atoms with Crippen molar-refractivity contribution in [3.8, 4) is 5.75 Å². The first kappa shape index (κ1) is 22.4. The Morgan fingerprint density at radius 3 is 2.61 bits per heavy atom. The minimum Gasteiger partial charge on any atom is -0.497 e. The van der Waals surface area contributed by atoms with Gasteiger partial charge in [0.05, 0.1) is 18.2 Å². The molecule has 0 bridgehead atoms. The molecule has 1 aromatic carbocycles. The number of piperidine rings is 2. The molecule has 1 aromatic rings. The van der Waals surface area contributed by atoms with Gasteiger partial charge in [-0.2, -0.15) is 0 Å². The number of benzene rings is 1. The Bertz CT molecular complexity index is 777. The molecule has 3 aliphatic rings. The van der Waals surface area contributed by atoms with E-state index in [2.05, 4.69) is 33.8 Å². The zero-order chi connectivity index (χ0) is 22.1. The van der Waals surface area contributed by atoms with Gasteiger partial charge >= 0.3 is 0 Å². The van der Waals surface area contributed by atoms with E-state index in [-0.39, 0.29) is 11.4 Å². The highest BCUT2D eigenvalue weighted by molar-refractivity contribution is 5.74. The van der Waals surface area contributed by atoms with Gasteiger partial charge in [0, 0.05) is 50.9 Å². The highest BCUT2D eigenvalue weighted by Gasteiger charge is 2.48. The summed E-state index contributed by atoms with van der Waals surface area (Å²) >= 11 is 0. The average molecular weight is 430 g/mol. The molecule has 1 amide bonds. The second-order valence-corrected chi connectivity index (χ2v) is 10.0. The second-order valence-electron chi connectivity index (χ2n) is 10.0. The van der Waals surface area contributed by atoms with Crippen LogP contribution < -0.4 is 9.64 Å². The standard InChI is InChI=1S/C25H39N3O3/c1-20(29)28-15-5-4-10-23-24(28,2)11-7-14-27(23)19-25(30)12-16-26(17-13-25)21-8-6-9-22(18-21)31-3/h6,8-9,18,23,30H,4-5,7,10-17,19H2,1-3H3/t23-,24-/m0/s1. The Labute approximate surface area is 187 Å². The minimum absolute atomic E-state index is 0.113. The summed E-state index contributed by atoms with van der Waals surface area (Å²) in [6, 6.07) is 8.52. The lowest BCUT2D eigenvalue weighted by molar-refractivity contribution is -0.141. The topological polar surface area (TPSA) is 56.3 Å². The molecule has 3 fully saturated rings. The number of hydrogen-bond acceptors (Lipinski definition) is 5. The van der Waals surface area contributed by atoms with Crippen molar-refractivity contribution in [2.45, 2.75) is 76.0 Å². The predicted octanol–water partition coefficient (Wildman–Crippen LogP) is 3.28. The SMILES string of the molecule is COc1cccc(N2CCC(O)(CN3CCC[C@@]4(C)[C@@H]3CCCCN4C(C)=O)CC2)c1. The fourth-order valence-electron chi connectivity index (χ4n) is 6.26. The number of β-amino-alcohol motifs (C(OH)–C–C–N with tert-alkyl or cyclic N) is 1. The number of fused-ring (bicyclic) bond motifs is 1. The van der Waals surface area contributed by atoms with Crippen LogP contribution in [0.1, 0.15) is 58.8 Å². The lowest BCUT2D eigenvalue weighted by Crippen LogP contribution is -2.66. The monoisotopic (exact) mass is 429 g/mol. The molecule has 6 nitrogen and oxygen atoms in total. The van der Waals surface area contributed by atoms with Crippen molar-refractivity contribution in [2.24, 2.45) is 0 Å².